The summed E-state index contributed by atoms with van der Waals surface area (Å²) in [5.74, 6) is 0. The van der Waals surface area contributed by atoms with Crippen molar-refractivity contribution in [1.29, 1.82) is 0 Å². The zero-order valence-corrected chi connectivity index (χ0v) is 11.3. The first-order chi connectivity index (χ1) is 8.60. The van der Waals surface area contributed by atoms with Crippen molar-refractivity contribution in [2.45, 2.75) is 25.6 Å². The number of rotatable bonds is 7. The third kappa shape index (κ3) is 3.98. The fourth-order valence-corrected chi connectivity index (χ4v) is 2.00. The molecular weight excluding hydrogens is 230 g/mol. The van der Waals surface area contributed by atoms with Gasteiger partial charge in [0.25, 0.3) is 0 Å². The highest BCUT2D eigenvalue weighted by Crippen LogP contribution is 2.27. The van der Waals surface area contributed by atoms with Crippen LogP contribution in [-0.4, -0.2) is 43.6 Å². The fraction of sp³-hybridized carbons (Fsp3) is 0.571. The highest BCUT2D eigenvalue weighted by molar-refractivity contribution is 5.54. The third-order valence-electron chi connectivity index (χ3n) is 2.94. The first-order valence-corrected chi connectivity index (χ1v) is 6.25. The Morgan fingerprint density at radius 3 is 2.56 bits per heavy atom. The molecule has 1 aromatic carbocycles. The lowest BCUT2D eigenvalue weighted by molar-refractivity contribution is 0.0694. The van der Waals surface area contributed by atoms with Gasteiger partial charge < -0.3 is 19.8 Å². The molecule has 0 saturated carbocycles. The SMILES string of the molecule is CC[C@@H](O)c1ccccc1N(C)CC(O)COC. The normalized spacial score (nSPS) is 14.3. The molecule has 0 fully saturated rings. The van der Waals surface area contributed by atoms with Crippen LogP contribution in [0.5, 0.6) is 0 Å². The van der Waals surface area contributed by atoms with E-state index >= 15 is 0 Å². The smallest absolute Gasteiger partial charge is 0.0947 e. The molecule has 2 N–H and O–H groups in total. The number of hydrogen-bond acceptors (Lipinski definition) is 4. The molecule has 1 aromatic rings. The van der Waals surface area contributed by atoms with Gasteiger partial charge >= 0.3 is 0 Å². The van der Waals surface area contributed by atoms with Crippen LogP contribution < -0.4 is 4.90 Å². The van der Waals surface area contributed by atoms with E-state index in [4.69, 9.17) is 4.74 Å². The van der Waals surface area contributed by atoms with Crippen LogP contribution in [0.1, 0.15) is 25.0 Å². The minimum Gasteiger partial charge on any atom is -0.389 e. The van der Waals surface area contributed by atoms with Gasteiger partial charge in [0, 0.05) is 32.0 Å². The van der Waals surface area contributed by atoms with E-state index in [0.717, 1.165) is 11.3 Å². The fourth-order valence-electron chi connectivity index (χ4n) is 2.00. The van der Waals surface area contributed by atoms with Crippen LogP contribution in [-0.2, 0) is 4.74 Å². The summed E-state index contributed by atoms with van der Waals surface area (Å²) in [7, 11) is 3.47. The molecule has 0 aromatic heterocycles. The van der Waals surface area contributed by atoms with Crippen LogP contribution in [0.25, 0.3) is 0 Å². The van der Waals surface area contributed by atoms with Gasteiger partial charge in [-0.1, -0.05) is 25.1 Å². The largest absolute Gasteiger partial charge is 0.389 e. The topological polar surface area (TPSA) is 52.9 Å². The summed E-state index contributed by atoms with van der Waals surface area (Å²) < 4.78 is 4.91. The molecule has 0 bridgehead atoms. The van der Waals surface area contributed by atoms with Gasteiger partial charge in [0.1, 0.15) is 0 Å². The lowest BCUT2D eigenvalue weighted by Crippen LogP contribution is -2.32. The van der Waals surface area contributed by atoms with Crippen LogP contribution >= 0.6 is 0 Å². The highest BCUT2D eigenvalue weighted by atomic mass is 16.5. The Balaban J connectivity index is 2.81. The molecule has 18 heavy (non-hydrogen) atoms. The van der Waals surface area contributed by atoms with Crippen LogP contribution in [0.2, 0.25) is 0 Å². The van der Waals surface area contributed by atoms with Crippen LogP contribution in [0.15, 0.2) is 24.3 Å². The van der Waals surface area contributed by atoms with Gasteiger partial charge in [-0.3, -0.25) is 0 Å². The lowest BCUT2D eigenvalue weighted by atomic mass is 10.0. The van der Waals surface area contributed by atoms with Gasteiger partial charge in [-0.05, 0) is 12.5 Å². The van der Waals surface area contributed by atoms with E-state index in [9.17, 15) is 10.2 Å². The Labute approximate surface area is 109 Å². The molecule has 0 amide bonds. The summed E-state index contributed by atoms with van der Waals surface area (Å²) in [4.78, 5) is 1.94. The molecule has 0 spiro atoms. The predicted molar refractivity (Wildman–Crippen MR) is 72.8 cm³/mol. The van der Waals surface area contributed by atoms with E-state index in [1.165, 1.54) is 0 Å². The molecule has 0 aliphatic rings. The molecule has 4 heteroatoms. The number of benzene rings is 1. The molecule has 0 radical (unpaired) electrons. The number of nitrogens with zero attached hydrogens (tertiary/aromatic N) is 1. The van der Waals surface area contributed by atoms with Gasteiger partial charge in [0.05, 0.1) is 18.8 Å². The number of para-hydroxylation sites is 1. The molecule has 1 unspecified atom stereocenters. The van der Waals surface area contributed by atoms with Crippen molar-refractivity contribution < 1.29 is 14.9 Å². The van der Waals surface area contributed by atoms with E-state index in [0.29, 0.717) is 19.6 Å². The molecule has 2 atom stereocenters. The summed E-state index contributed by atoms with van der Waals surface area (Å²) in [6.07, 6.45) is -0.332. The second-order valence-corrected chi connectivity index (χ2v) is 4.47. The summed E-state index contributed by atoms with van der Waals surface area (Å²) >= 11 is 0. The van der Waals surface area contributed by atoms with Crippen LogP contribution in [0.4, 0.5) is 5.69 Å². The number of aliphatic hydroxyl groups is 2. The van der Waals surface area contributed by atoms with Crippen molar-refractivity contribution in [3.8, 4) is 0 Å². The number of ether oxygens (including phenoxy) is 1. The standard InChI is InChI=1S/C14H23NO3/c1-4-14(17)12-7-5-6-8-13(12)15(2)9-11(16)10-18-3/h5-8,11,14,16-17H,4,9-10H2,1-3H3/t11?,14-/m1/s1. The number of methoxy groups -OCH3 is 1. The van der Waals surface area contributed by atoms with Gasteiger partial charge in [-0.15, -0.1) is 0 Å². The summed E-state index contributed by atoms with van der Waals surface area (Å²) in [5.41, 5.74) is 1.84. The number of aliphatic hydroxyl groups excluding tert-OH is 2. The number of hydrogen-bond donors (Lipinski definition) is 2. The highest BCUT2D eigenvalue weighted by Gasteiger charge is 2.15. The maximum Gasteiger partial charge on any atom is 0.0947 e. The first-order valence-electron chi connectivity index (χ1n) is 6.25. The average molecular weight is 253 g/mol. The maximum atomic E-state index is 9.98. The Kier molecular flexibility index (Phi) is 6.12. The molecule has 0 heterocycles. The van der Waals surface area contributed by atoms with E-state index in [2.05, 4.69) is 0 Å². The number of likely N-dealkylation sites (N-methyl/N-ethyl adjacent to an activating group) is 1. The number of anilines is 1. The van der Waals surface area contributed by atoms with Crippen LogP contribution in [0.3, 0.4) is 0 Å². The summed E-state index contributed by atoms with van der Waals surface area (Å²) in [6.45, 7) is 2.73. The van der Waals surface area contributed by atoms with Gasteiger partial charge in [-0.25, -0.2) is 0 Å². The van der Waals surface area contributed by atoms with E-state index in [1.807, 2.05) is 43.1 Å². The zero-order valence-electron chi connectivity index (χ0n) is 11.3. The van der Waals surface area contributed by atoms with Gasteiger partial charge in [-0.2, -0.15) is 0 Å². The molecule has 4 nitrogen and oxygen atoms in total. The minimum atomic E-state index is -0.535. The average Bonchev–Trinajstić information content (AvgIpc) is 2.38. The van der Waals surface area contributed by atoms with Crippen molar-refractivity contribution >= 4 is 5.69 Å². The van der Waals surface area contributed by atoms with E-state index < -0.39 is 12.2 Å². The maximum absolute atomic E-state index is 9.98. The Hall–Kier alpha value is -1.10. The van der Waals surface area contributed by atoms with E-state index in [-0.39, 0.29) is 0 Å². The van der Waals surface area contributed by atoms with Crippen molar-refractivity contribution in [2.24, 2.45) is 0 Å². The predicted octanol–water partition coefficient (Wildman–Crippen LogP) is 1.57. The quantitative estimate of drug-likeness (QED) is 0.774. The Bertz CT molecular complexity index is 357. The second kappa shape index (κ2) is 7.36. The molecular formula is C14H23NO3. The van der Waals surface area contributed by atoms with Gasteiger partial charge in [0.2, 0.25) is 0 Å². The van der Waals surface area contributed by atoms with E-state index in [1.54, 1.807) is 7.11 Å². The molecule has 1 rings (SSSR count). The van der Waals surface area contributed by atoms with Crippen molar-refractivity contribution in [3.63, 3.8) is 0 Å². The van der Waals surface area contributed by atoms with Gasteiger partial charge in [0.15, 0.2) is 0 Å². The molecule has 0 aliphatic heterocycles. The lowest BCUT2D eigenvalue weighted by Gasteiger charge is -2.26. The minimum absolute atomic E-state index is 0.308. The van der Waals surface area contributed by atoms with Crippen molar-refractivity contribution in [3.05, 3.63) is 29.8 Å². The first kappa shape index (κ1) is 15.0. The molecule has 0 saturated heterocycles. The second-order valence-electron chi connectivity index (χ2n) is 4.47. The summed E-state index contributed by atoms with van der Waals surface area (Å²) in [5, 5.41) is 19.7. The van der Waals surface area contributed by atoms with Crippen molar-refractivity contribution in [1.82, 2.24) is 0 Å². The van der Waals surface area contributed by atoms with Crippen LogP contribution in [0, 0.1) is 0 Å². The Morgan fingerprint density at radius 2 is 1.94 bits per heavy atom. The Morgan fingerprint density at radius 1 is 1.28 bits per heavy atom. The van der Waals surface area contributed by atoms with Crippen molar-refractivity contribution in [2.75, 3.05) is 32.2 Å². The third-order valence-corrected chi connectivity index (χ3v) is 2.94. The zero-order chi connectivity index (χ0) is 13.5. The summed E-state index contributed by atoms with van der Waals surface area (Å²) in [6, 6.07) is 7.72. The monoisotopic (exact) mass is 253 g/mol. The molecule has 102 valence electrons. The molecule has 0 aliphatic carbocycles.